The van der Waals surface area contributed by atoms with E-state index in [2.05, 4.69) is 20.6 Å². The fraction of sp³-hybridized carbons (Fsp3) is 0.375. The number of nitrogens with one attached hydrogen (secondary N) is 2. The molecule has 0 radical (unpaired) electrons. The number of guanidine groups is 1. The van der Waals surface area contributed by atoms with Crippen molar-refractivity contribution < 1.29 is 26.3 Å². The zero-order chi connectivity index (χ0) is 20.1. The Hall–Kier alpha value is -2.30. The van der Waals surface area contributed by atoms with Crippen LogP contribution in [0.3, 0.4) is 0 Å². The van der Waals surface area contributed by atoms with Gasteiger partial charge in [-0.3, -0.25) is 0 Å². The molecule has 11 heteroatoms. The molecule has 0 saturated heterocycles. The van der Waals surface area contributed by atoms with E-state index in [1.807, 2.05) is 0 Å². The molecule has 2 N–H and O–H groups in total. The normalized spacial score (nSPS) is 12.9. The number of aliphatic imine (C=N–C) groups is 1. The molecule has 148 valence electrons. The number of rotatable bonds is 5. The first-order valence-electron chi connectivity index (χ1n) is 7.79. The Morgan fingerprint density at radius 1 is 1.04 bits per heavy atom. The van der Waals surface area contributed by atoms with E-state index in [1.54, 1.807) is 6.92 Å². The van der Waals surface area contributed by atoms with Crippen molar-refractivity contribution in [3.05, 3.63) is 51.5 Å². The summed E-state index contributed by atoms with van der Waals surface area (Å²) < 4.78 is 75.3. The summed E-state index contributed by atoms with van der Waals surface area (Å²) >= 11 is 0.872. The maximum Gasteiger partial charge on any atom is 0.434 e. The van der Waals surface area contributed by atoms with Crippen molar-refractivity contribution in [2.24, 2.45) is 4.99 Å². The van der Waals surface area contributed by atoms with E-state index in [0.717, 1.165) is 28.8 Å². The van der Waals surface area contributed by atoms with Crippen molar-refractivity contribution in [3.8, 4) is 0 Å². The van der Waals surface area contributed by atoms with Gasteiger partial charge in [-0.25, -0.2) is 9.98 Å². The summed E-state index contributed by atoms with van der Waals surface area (Å²) in [6, 6.07) is 4.59. The fourth-order valence-electron chi connectivity index (χ4n) is 1.99. The minimum atomic E-state index is -4.49. The van der Waals surface area contributed by atoms with Crippen LogP contribution in [0, 0.1) is 0 Å². The molecule has 2 rings (SSSR count). The quantitative estimate of drug-likeness (QED) is 0.436. The van der Waals surface area contributed by atoms with E-state index in [0.29, 0.717) is 18.1 Å². The molecule has 0 aliphatic carbocycles. The molecule has 0 bridgehead atoms. The van der Waals surface area contributed by atoms with Crippen molar-refractivity contribution in [3.63, 3.8) is 0 Å². The van der Waals surface area contributed by atoms with Crippen molar-refractivity contribution in [1.82, 2.24) is 15.6 Å². The van der Waals surface area contributed by atoms with Crippen molar-refractivity contribution in [1.29, 1.82) is 0 Å². The molecule has 0 unspecified atom stereocenters. The zero-order valence-electron chi connectivity index (χ0n) is 14.1. The van der Waals surface area contributed by atoms with Crippen LogP contribution < -0.4 is 10.6 Å². The molecule has 2 aromatic rings. The monoisotopic (exact) mass is 410 g/mol. The van der Waals surface area contributed by atoms with Crippen LogP contribution in [-0.4, -0.2) is 17.5 Å². The second-order valence-electron chi connectivity index (χ2n) is 5.37. The van der Waals surface area contributed by atoms with Gasteiger partial charge in [-0.1, -0.05) is 12.1 Å². The Kier molecular flexibility index (Phi) is 6.68. The topological polar surface area (TPSA) is 49.3 Å². The highest BCUT2D eigenvalue weighted by Gasteiger charge is 2.33. The van der Waals surface area contributed by atoms with Crippen molar-refractivity contribution >= 4 is 17.3 Å². The molecule has 27 heavy (non-hydrogen) atoms. The number of alkyl halides is 6. The van der Waals surface area contributed by atoms with Crippen molar-refractivity contribution in [2.45, 2.75) is 32.4 Å². The Balaban J connectivity index is 1.98. The largest absolute Gasteiger partial charge is 0.434 e. The van der Waals surface area contributed by atoms with Crippen LogP contribution in [-0.2, 0) is 25.4 Å². The van der Waals surface area contributed by atoms with Crippen LogP contribution in [0.4, 0.5) is 26.3 Å². The van der Waals surface area contributed by atoms with Gasteiger partial charge in [0.05, 0.1) is 18.7 Å². The van der Waals surface area contributed by atoms with Crippen molar-refractivity contribution in [2.75, 3.05) is 6.54 Å². The molecule has 0 spiro atoms. The highest BCUT2D eigenvalue weighted by atomic mass is 32.1. The number of nitrogens with zero attached hydrogens (tertiary/aromatic N) is 2. The van der Waals surface area contributed by atoms with Gasteiger partial charge in [-0.2, -0.15) is 26.3 Å². The van der Waals surface area contributed by atoms with E-state index >= 15 is 0 Å². The molecule has 0 amide bonds. The van der Waals surface area contributed by atoms with Gasteiger partial charge in [0.25, 0.3) is 0 Å². The van der Waals surface area contributed by atoms with Gasteiger partial charge in [-0.05, 0) is 24.6 Å². The van der Waals surface area contributed by atoms with Crippen LogP contribution >= 0.6 is 11.3 Å². The molecule has 1 aromatic heterocycles. The fourth-order valence-corrected chi connectivity index (χ4v) is 2.73. The van der Waals surface area contributed by atoms with Gasteiger partial charge >= 0.3 is 12.4 Å². The molecular formula is C16H16F6N4S. The molecular weight excluding hydrogens is 394 g/mol. The third-order valence-corrected chi connectivity index (χ3v) is 4.14. The Morgan fingerprint density at radius 2 is 1.70 bits per heavy atom. The summed E-state index contributed by atoms with van der Waals surface area (Å²) in [5.74, 6) is 0.321. The average Bonchev–Trinajstić information content (AvgIpc) is 3.06. The Morgan fingerprint density at radius 3 is 2.22 bits per heavy atom. The van der Waals surface area contributed by atoms with E-state index in [4.69, 9.17) is 0 Å². The summed E-state index contributed by atoms with van der Waals surface area (Å²) in [5, 5.41) is 6.93. The zero-order valence-corrected chi connectivity index (χ0v) is 14.9. The third kappa shape index (κ3) is 6.42. The second-order valence-corrected chi connectivity index (χ2v) is 6.31. The van der Waals surface area contributed by atoms with Gasteiger partial charge in [0, 0.05) is 11.9 Å². The van der Waals surface area contributed by atoms with E-state index < -0.39 is 23.6 Å². The number of hydrogen-bond acceptors (Lipinski definition) is 3. The first kappa shape index (κ1) is 21.0. The van der Waals surface area contributed by atoms with Gasteiger partial charge in [0.15, 0.2) is 11.7 Å². The summed E-state index contributed by atoms with van der Waals surface area (Å²) in [6.45, 7) is 2.46. The van der Waals surface area contributed by atoms with Crippen LogP contribution in [0.25, 0.3) is 0 Å². The predicted molar refractivity (Wildman–Crippen MR) is 90.2 cm³/mol. The molecule has 0 fully saturated rings. The smallest absolute Gasteiger partial charge is 0.357 e. The number of aromatic nitrogens is 1. The lowest BCUT2D eigenvalue weighted by Gasteiger charge is -2.10. The molecule has 4 nitrogen and oxygen atoms in total. The van der Waals surface area contributed by atoms with E-state index in [-0.39, 0.29) is 18.1 Å². The van der Waals surface area contributed by atoms with Gasteiger partial charge in [-0.15, -0.1) is 11.3 Å². The Labute approximate surface area is 155 Å². The molecule has 1 heterocycles. The van der Waals surface area contributed by atoms with Gasteiger partial charge in [0.1, 0.15) is 5.01 Å². The molecule has 0 atom stereocenters. The van der Waals surface area contributed by atoms with Crippen LogP contribution in [0.2, 0.25) is 0 Å². The maximum absolute atomic E-state index is 12.5. The number of benzene rings is 1. The summed E-state index contributed by atoms with van der Waals surface area (Å²) in [4.78, 5) is 7.72. The predicted octanol–water partition coefficient (Wildman–Crippen LogP) is 4.44. The lowest BCUT2D eigenvalue weighted by molar-refractivity contribution is -0.141. The van der Waals surface area contributed by atoms with Crippen LogP contribution in [0.5, 0.6) is 0 Å². The van der Waals surface area contributed by atoms with E-state index in [9.17, 15) is 26.3 Å². The van der Waals surface area contributed by atoms with Crippen LogP contribution in [0.15, 0.2) is 34.6 Å². The molecule has 0 aliphatic rings. The lowest BCUT2D eigenvalue weighted by Crippen LogP contribution is -2.36. The average molecular weight is 410 g/mol. The minimum Gasteiger partial charge on any atom is -0.357 e. The molecule has 1 aromatic carbocycles. The third-order valence-electron chi connectivity index (χ3n) is 3.29. The van der Waals surface area contributed by atoms with Crippen LogP contribution in [0.1, 0.15) is 28.8 Å². The lowest BCUT2D eigenvalue weighted by atomic mass is 10.1. The standard InChI is InChI=1S/C16H16F6N4S/c1-2-23-14(25-8-13-26-12(9-27-13)16(20,21)22)24-7-10-3-5-11(6-4-10)15(17,18)19/h3-6,9H,2,7-8H2,1H3,(H2,23,24,25). The summed E-state index contributed by atoms with van der Waals surface area (Å²) in [5.41, 5.74) is -1.13. The highest BCUT2D eigenvalue weighted by molar-refractivity contribution is 7.09. The highest BCUT2D eigenvalue weighted by Crippen LogP contribution is 2.30. The minimum absolute atomic E-state index is 0.0413. The SMILES string of the molecule is CCNC(=NCc1ccc(C(F)(F)F)cc1)NCc1nc(C(F)(F)F)cs1. The maximum atomic E-state index is 12.5. The number of thiazole rings is 1. The molecule has 0 aliphatic heterocycles. The van der Waals surface area contributed by atoms with Gasteiger partial charge < -0.3 is 10.6 Å². The first-order valence-corrected chi connectivity index (χ1v) is 8.67. The number of hydrogen-bond donors (Lipinski definition) is 2. The van der Waals surface area contributed by atoms with E-state index in [1.165, 1.54) is 12.1 Å². The summed E-state index contributed by atoms with van der Waals surface area (Å²) in [6.07, 6.45) is -8.89. The summed E-state index contributed by atoms with van der Waals surface area (Å²) in [7, 11) is 0. The Bertz CT molecular complexity index is 764. The molecule has 0 saturated carbocycles. The van der Waals surface area contributed by atoms with Gasteiger partial charge in [0.2, 0.25) is 0 Å². The second kappa shape index (κ2) is 8.59. The first-order chi connectivity index (χ1) is 12.6. The number of halogens is 6.